The number of hydrogen-bond donors (Lipinski definition) is 0. The summed E-state index contributed by atoms with van der Waals surface area (Å²) in [6.45, 7) is 0. The minimum Gasteiger partial charge on any atom is -0.367 e. The third kappa shape index (κ3) is 1.69. The van der Waals surface area contributed by atoms with E-state index in [1.165, 1.54) is 44.1 Å². The van der Waals surface area contributed by atoms with Crippen LogP contribution in [0.4, 0.5) is 0 Å². The summed E-state index contributed by atoms with van der Waals surface area (Å²) >= 11 is 0. The fraction of sp³-hybridized carbons (Fsp3) is 0.571. The number of rotatable bonds is 1. The van der Waals surface area contributed by atoms with Gasteiger partial charge in [-0.05, 0) is 44.1 Å². The van der Waals surface area contributed by atoms with Gasteiger partial charge < -0.3 is 4.74 Å². The van der Waals surface area contributed by atoms with E-state index in [1.54, 1.807) is 0 Å². The highest BCUT2D eigenvalue weighted by molar-refractivity contribution is 5.18. The molecule has 1 unspecified atom stereocenters. The Morgan fingerprint density at radius 2 is 1.73 bits per heavy atom. The summed E-state index contributed by atoms with van der Waals surface area (Å²) in [5, 5.41) is 0. The third-order valence-corrected chi connectivity index (χ3v) is 3.93. The zero-order valence-electron chi connectivity index (χ0n) is 9.11. The van der Waals surface area contributed by atoms with Crippen LogP contribution in [-0.4, -0.2) is 5.60 Å². The lowest BCUT2D eigenvalue weighted by molar-refractivity contribution is -0.171. The summed E-state index contributed by atoms with van der Waals surface area (Å²) in [6.07, 6.45) is 8.12. The first kappa shape index (κ1) is 9.41. The summed E-state index contributed by atoms with van der Waals surface area (Å²) in [4.78, 5) is 0. The normalized spacial score (nSPS) is 28.7. The third-order valence-electron chi connectivity index (χ3n) is 3.93. The molecule has 0 bridgehead atoms. The SMILES string of the molecule is c1ccc(C2CCCC3(CCC3)O2)cc1. The molecule has 1 heteroatoms. The van der Waals surface area contributed by atoms with Crippen molar-refractivity contribution in [3.8, 4) is 0 Å². The van der Waals surface area contributed by atoms with Crippen LogP contribution in [0.3, 0.4) is 0 Å². The van der Waals surface area contributed by atoms with Gasteiger partial charge in [-0.1, -0.05) is 30.3 Å². The van der Waals surface area contributed by atoms with Crippen molar-refractivity contribution in [2.75, 3.05) is 0 Å². The molecule has 3 rings (SSSR count). The van der Waals surface area contributed by atoms with E-state index < -0.39 is 0 Å². The summed E-state index contributed by atoms with van der Waals surface area (Å²) in [5.41, 5.74) is 1.64. The predicted molar refractivity (Wildman–Crippen MR) is 60.7 cm³/mol. The van der Waals surface area contributed by atoms with Crippen LogP contribution >= 0.6 is 0 Å². The van der Waals surface area contributed by atoms with Gasteiger partial charge in [0.25, 0.3) is 0 Å². The van der Waals surface area contributed by atoms with Gasteiger partial charge in [-0.15, -0.1) is 0 Å². The number of hydrogen-bond acceptors (Lipinski definition) is 1. The fourth-order valence-electron chi connectivity index (χ4n) is 2.87. The maximum atomic E-state index is 6.30. The van der Waals surface area contributed by atoms with E-state index in [4.69, 9.17) is 4.74 Å². The van der Waals surface area contributed by atoms with Gasteiger partial charge in [-0.2, -0.15) is 0 Å². The van der Waals surface area contributed by atoms with E-state index in [0.29, 0.717) is 6.10 Å². The monoisotopic (exact) mass is 202 g/mol. The number of ether oxygens (including phenoxy) is 1. The number of benzene rings is 1. The standard InChI is InChI=1S/C14H18O/c1-2-6-12(7-3-1)13-8-4-9-14(15-13)10-5-11-14/h1-3,6-7,13H,4-5,8-11H2. The highest BCUT2D eigenvalue weighted by atomic mass is 16.5. The van der Waals surface area contributed by atoms with Crippen molar-refractivity contribution in [2.24, 2.45) is 0 Å². The molecule has 0 radical (unpaired) electrons. The van der Waals surface area contributed by atoms with Gasteiger partial charge in [-0.3, -0.25) is 0 Å². The fourth-order valence-corrected chi connectivity index (χ4v) is 2.87. The Bertz CT molecular complexity index is 326. The molecular weight excluding hydrogens is 184 g/mol. The van der Waals surface area contributed by atoms with Crippen molar-refractivity contribution in [1.82, 2.24) is 0 Å². The lowest BCUT2D eigenvalue weighted by atomic mass is 9.74. The molecule has 1 saturated carbocycles. The molecule has 2 fully saturated rings. The van der Waals surface area contributed by atoms with Crippen LogP contribution in [0.25, 0.3) is 0 Å². The Balaban J connectivity index is 1.77. The van der Waals surface area contributed by atoms with Gasteiger partial charge in [0.2, 0.25) is 0 Å². The molecule has 1 aromatic carbocycles. The zero-order valence-corrected chi connectivity index (χ0v) is 9.11. The van der Waals surface area contributed by atoms with E-state index in [0.717, 1.165) is 0 Å². The lowest BCUT2D eigenvalue weighted by Gasteiger charge is -2.47. The molecule has 15 heavy (non-hydrogen) atoms. The molecule has 0 amide bonds. The van der Waals surface area contributed by atoms with Crippen LogP contribution in [0.2, 0.25) is 0 Å². The van der Waals surface area contributed by atoms with Crippen molar-refractivity contribution in [3.63, 3.8) is 0 Å². The average Bonchev–Trinajstić information content (AvgIpc) is 2.28. The molecule has 2 aliphatic rings. The van der Waals surface area contributed by atoms with Crippen LogP contribution in [0.1, 0.15) is 50.2 Å². The minimum absolute atomic E-state index is 0.277. The Labute approximate surface area is 91.5 Å². The Hall–Kier alpha value is -0.820. The lowest BCUT2D eigenvalue weighted by Crippen LogP contribution is -2.43. The van der Waals surface area contributed by atoms with Gasteiger partial charge in [0, 0.05) is 0 Å². The smallest absolute Gasteiger partial charge is 0.0832 e. The zero-order chi connectivity index (χ0) is 10.1. The first-order valence-corrected chi connectivity index (χ1v) is 6.11. The molecule has 0 N–H and O–H groups in total. The van der Waals surface area contributed by atoms with Crippen molar-refractivity contribution < 1.29 is 4.74 Å². The summed E-state index contributed by atoms with van der Waals surface area (Å²) in [6, 6.07) is 10.7. The van der Waals surface area contributed by atoms with E-state index in [1.807, 2.05) is 0 Å². The largest absolute Gasteiger partial charge is 0.367 e. The van der Waals surface area contributed by atoms with Crippen LogP contribution in [0, 0.1) is 0 Å². The van der Waals surface area contributed by atoms with Crippen LogP contribution < -0.4 is 0 Å². The molecule has 1 aromatic rings. The van der Waals surface area contributed by atoms with Gasteiger partial charge in [0.1, 0.15) is 0 Å². The predicted octanol–water partition coefficient (Wildman–Crippen LogP) is 3.85. The van der Waals surface area contributed by atoms with Gasteiger partial charge >= 0.3 is 0 Å². The molecule has 1 nitrogen and oxygen atoms in total. The molecule has 1 atom stereocenters. The average molecular weight is 202 g/mol. The van der Waals surface area contributed by atoms with Gasteiger partial charge in [0.15, 0.2) is 0 Å². The van der Waals surface area contributed by atoms with E-state index in [9.17, 15) is 0 Å². The second-order valence-corrected chi connectivity index (χ2v) is 4.95. The summed E-state index contributed by atoms with van der Waals surface area (Å²) in [7, 11) is 0. The molecule has 1 heterocycles. The van der Waals surface area contributed by atoms with Crippen LogP contribution in [0.5, 0.6) is 0 Å². The molecule has 0 aromatic heterocycles. The first-order valence-electron chi connectivity index (χ1n) is 6.11. The van der Waals surface area contributed by atoms with Crippen molar-refractivity contribution in [1.29, 1.82) is 0 Å². The maximum absolute atomic E-state index is 6.30. The van der Waals surface area contributed by atoms with Crippen molar-refractivity contribution >= 4 is 0 Å². The molecular formula is C14H18O. The topological polar surface area (TPSA) is 9.23 Å². The highest BCUT2D eigenvalue weighted by Gasteiger charge is 2.42. The van der Waals surface area contributed by atoms with Gasteiger partial charge in [-0.25, -0.2) is 0 Å². The second-order valence-electron chi connectivity index (χ2n) is 4.95. The van der Waals surface area contributed by atoms with E-state index in [-0.39, 0.29) is 5.60 Å². The van der Waals surface area contributed by atoms with Crippen LogP contribution in [-0.2, 0) is 4.74 Å². The molecule has 1 saturated heterocycles. The minimum atomic E-state index is 0.277. The molecule has 1 aliphatic carbocycles. The molecule has 1 spiro atoms. The Morgan fingerprint density at radius 1 is 1.00 bits per heavy atom. The van der Waals surface area contributed by atoms with Gasteiger partial charge in [0.05, 0.1) is 11.7 Å². The quantitative estimate of drug-likeness (QED) is 0.672. The van der Waals surface area contributed by atoms with Crippen molar-refractivity contribution in [3.05, 3.63) is 35.9 Å². The van der Waals surface area contributed by atoms with Crippen LogP contribution in [0.15, 0.2) is 30.3 Å². The second kappa shape index (κ2) is 3.64. The van der Waals surface area contributed by atoms with E-state index in [2.05, 4.69) is 30.3 Å². The maximum Gasteiger partial charge on any atom is 0.0832 e. The Morgan fingerprint density at radius 3 is 2.40 bits per heavy atom. The summed E-state index contributed by atoms with van der Waals surface area (Å²) in [5.74, 6) is 0. The molecule has 80 valence electrons. The first-order chi connectivity index (χ1) is 7.38. The van der Waals surface area contributed by atoms with Crippen molar-refractivity contribution in [2.45, 2.75) is 50.2 Å². The molecule has 1 aliphatic heterocycles. The summed E-state index contributed by atoms with van der Waals surface area (Å²) < 4.78 is 6.30. The highest BCUT2D eigenvalue weighted by Crippen LogP contribution is 2.47. The Kier molecular flexibility index (Phi) is 2.28. The van der Waals surface area contributed by atoms with E-state index >= 15 is 0 Å².